The Kier molecular flexibility index (Phi) is 2.48. The van der Waals surface area contributed by atoms with Crippen LogP contribution in [0.15, 0.2) is 24.3 Å². The second-order valence-electron chi connectivity index (χ2n) is 4.86. The molecule has 5 heteroatoms. The van der Waals surface area contributed by atoms with Gasteiger partial charge in [0.2, 0.25) is 0 Å². The number of hydrogen-bond acceptors (Lipinski definition) is 3. The number of carbonyl (C=O) groups excluding carboxylic acids is 1. The lowest BCUT2D eigenvalue weighted by Gasteiger charge is -2.32. The summed E-state index contributed by atoms with van der Waals surface area (Å²) in [5.74, 6) is 0.0591. The molecule has 1 aromatic carbocycles. The van der Waals surface area contributed by atoms with Gasteiger partial charge in [0.05, 0.1) is 0 Å². The molecular formula is C13H15N3O2. The van der Waals surface area contributed by atoms with Gasteiger partial charge in [0.25, 0.3) is 5.91 Å². The molecule has 0 bridgehead atoms. The number of phenols is 1. The fourth-order valence-electron chi connectivity index (χ4n) is 2.28. The Morgan fingerprint density at radius 1 is 1.39 bits per heavy atom. The third kappa shape index (κ3) is 1.93. The minimum atomic E-state index is -0.123. The minimum absolute atomic E-state index is 0.123. The molecule has 1 heterocycles. The number of aromatic hydroxyl groups is 1. The zero-order valence-corrected chi connectivity index (χ0v) is 9.81. The highest BCUT2D eigenvalue weighted by molar-refractivity contribution is 5.98. The molecule has 1 saturated carbocycles. The number of phenolic OH excluding ortho intramolecular Hbond substituents is 1. The third-order valence-electron chi connectivity index (χ3n) is 3.36. The number of H-pyrrole nitrogens is 1. The van der Waals surface area contributed by atoms with Crippen LogP contribution in [0.5, 0.6) is 5.75 Å². The van der Waals surface area contributed by atoms with Gasteiger partial charge in [0.1, 0.15) is 11.4 Å². The van der Waals surface area contributed by atoms with E-state index in [1.54, 1.807) is 24.3 Å². The van der Waals surface area contributed by atoms with E-state index in [1.807, 2.05) is 0 Å². The summed E-state index contributed by atoms with van der Waals surface area (Å²) in [5, 5.41) is 13.2. The van der Waals surface area contributed by atoms with E-state index >= 15 is 0 Å². The van der Waals surface area contributed by atoms with Crippen molar-refractivity contribution in [2.24, 2.45) is 5.73 Å². The summed E-state index contributed by atoms with van der Waals surface area (Å²) in [6.45, 7) is 0. The van der Waals surface area contributed by atoms with E-state index < -0.39 is 0 Å². The number of amides is 1. The van der Waals surface area contributed by atoms with Gasteiger partial charge in [-0.25, -0.2) is 0 Å². The second-order valence-corrected chi connectivity index (χ2v) is 4.86. The summed E-state index contributed by atoms with van der Waals surface area (Å²) >= 11 is 0. The van der Waals surface area contributed by atoms with E-state index in [4.69, 9.17) is 5.73 Å². The summed E-state index contributed by atoms with van der Waals surface area (Å²) in [7, 11) is 0. The van der Waals surface area contributed by atoms with Crippen LogP contribution in [0.25, 0.3) is 10.9 Å². The molecular weight excluding hydrogens is 230 g/mol. The highest BCUT2D eigenvalue weighted by Crippen LogP contribution is 2.21. The number of fused-ring (bicyclic) bond motifs is 1. The van der Waals surface area contributed by atoms with E-state index in [9.17, 15) is 9.90 Å². The first-order valence-corrected chi connectivity index (χ1v) is 6.00. The number of rotatable bonds is 2. The topological polar surface area (TPSA) is 91.1 Å². The maximum absolute atomic E-state index is 12.0. The van der Waals surface area contributed by atoms with Gasteiger partial charge in [0.15, 0.2) is 0 Å². The number of carbonyl (C=O) groups is 1. The molecule has 1 amide bonds. The molecule has 0 aliphatic heterocycles. The predicted octanol–water partition coefficient (Wildman–Crippen LogP) is 1.09. The SMILES string of the molecule is NC1CC(NC(=O)c2cc3ccc(O)cc3[nH]2)C1. The van der Waals surface area contributed by atoms with Crippen LogP contribution in [0.2, 0.25) is 0 Å². The van der Waals surface area contributed by atoms with Crippen molar-refractivity contribution in [1.29, 1.82) is 0 Å². The molecule has 1 aliphatic carbocycles. The maximum Gasteiger partial charge on any atom is 0.267 e. The standard InChI is InChI=1S/C13H15N3O2/c14-8-4-9(5-8)15-13(18)12-3-7-1-2-10(17)6-11(7)16-12/h1-3,6,8-9,16-17H,4-5,14H2,(H,15,18). The highest BCUT2D eigenvalue weighted by Gasteiger charge is 2.27. The Hall–Kier alpha value is -2.01. The largest absolute Gasteiger partial charge is 0.508 e. The summed E-state index contributed by atoms with van der Waals surface area (Å²) < 4.78 is 0. The van der Waals surface area contributed by atoms with Gasteiger partial charge in [-0.15, -0.1) is 0 Å². The van der Waals surface area contributed by atoms with E-state index in [0.29, 0.717) is 5.69 Å². The summed E-state index contributed by atoms with van der Waals surface area (Å²) in [5.41, 5.74) is 6.94. The third-order valence-corrected chi connectivity index (χ3v) is 3.36. The van der Waals surface area contributed by atoms with E-state index in [0.717, 1.165) is 23.7 Å². The molecule has 0 unspecified atom stereocenters. The van der Waals surface area contributed by atoms with Crippen molar-refractivity contribution >= 4 is 16.8 Å². The van der Waals surface area contributed by atoms with Gasteiger partial charge >= 0.3 is 0 Å². The maximum atomic E-state index is 12.0. The predicted molar refractivity (Wildman–Crippen MR) is 68.4 cm³/mol. The van der Waals surface area contributed by atoms with Crippen molar-refractivity contribution in [2.75, 3.05) is 0 Å². The van der Waals surface area contributed by atoms with Crippen LogP contribution < -0.4 is 11.1 Å². The van der Waals surface area contributed by atoms with E-state index in [-0.39, 0.29) is 23.7 Å². The average molecular weight is 245 g/mol. The Morgan fingerprint density at radius 2 is 2.17 bits per heavy atom. The van der Waals surface area contributed by atoms with Gasteiger partial charge in [-0.1, -0.05) is 0 Å². The first-order valence-electron chi connectivity index (χ1n) is 6.00. The fraction of sp³-hybridized carbons (Fsp3) is 0.308. The van der Waals surface area contributed by atoms with Crippen LogP contribution in [0, 0.1) is 0 Å². The molecule has 0 saturated heterocycles. The highest BCUT2D eigenvalue weighted by atomic mass is 16.3. The lowest BCUT2D eigenvalue weighted by Crippen LogP contribution is -2.50. The molecule has 94 valence electrons. The molecule has 2 aromatic rings. The molecule has 1 aliphatic rings. The quantitative estimate of drug-likeness (QED) is 0.638. The Morgan fingerprint density at radius 3 is 2.89 bits per heavy atom. The number of aromatic nitrogens is 1. The molecule has 1 aromatic heterocycles. The first-order chi connectivity index (χ1) is 8.61. The van der Waals surface area contributed by atoms with Gasteiger partial charge in [0, 0.05) is 29.1 Å². The Balaban J connectivity index is 1.79. The number of nitrogens with two attached hydrogens (primary N) is 1. The molecule has 0 atom stereocenters. The van der Waals surface area contributed by atoms with Crippen LogP contribution in [0.4, 0.5) is 0 Å². The second kappa shape index (κ2) is 4.03. The molecule has 5 nitrogen and oxygen atoms in total. The van der Waals surface area contributed by atoms with Crippen LogP contribution in [0.1, 0.15) is 23.3 Å². The Labute approximate surface area is 104 Å². The molecule has 5 N–H and O–H groups in total. The fourth-order valence-corrected chi connectivity index (χ4v) is 2.28. The van der Waals surface area contributed by atoms with Gasteiger partial charge in [-0.3, -0.25) is 4.79 Å². The monoisotopic (exact) mass is 245 g/mol. The van der Waals surface area contributed by atoms with Crippen LogP contribution in [-0.4, -0.2) is 28.1 Å². The van der Waals surface area contributed by atoms with Gasteiger partial charge in [-0.2, -0.15) is 0 Å². The minimum Gasteiger partial charge on any atom is -0.508 e. The normalized spacial score (nSPS) is 22.7. The molecule has 0 spiro atoms. The van der Waals surface area contributed by atoms with Crippen molar-refractivity contribution in [3.8, 4) is 5.75 Å². The van der Waals surface area contributed by atoms with Gasteiger partial charge < -0.3 is 21.1 Å². The van der Waals surface area contributed by atoms with Crippen molar-refractivity contribution in [1.82, 2.24) is 10.3 Å². The number of hydrogen-bond donors (Lipinski definition) is 4. The van der Waals surface area contributed by atoms with Gasteiger partial charge in [-0.05, 0) is 31.0 Å². The summed E-state index contributed by atoms with van der Waals surface area (Å²) in [6, 6.07) is 7.16. The Bertz CT molecular complexity index is 599. The molecule has 1 fully saturated rings. The van der Waals surface area contributed by atoms with E-state index in [1.165, 1.54) is 0 Å². The number of nitrogens with one attached hydrogen (secondary N) is 2. The zero-order chi connectivity index (χ0) is 12.7. The summed E-state index contributed by atoms with van der Waals surface area (Å²) in [6.07, 6.45) is 1.68. The molecule has 3 rings (SSSR count). The van der Waals surface area contributed by atoms with Crippen molar-refractivity contribution in [2.45, 2.75) is 24.9 Å². The smallest absolute Gasteiger partial charge is 0.267 e. The van der Waals surface area contributed by atoms with E-state index in [2.05, 4.69) is 10.3 Å². The van der Waals surface area contributed by atoms with Crippen molar-refractivity contribution < 1.29 is 9.90 Å². The number of aromatic amines is 1. The van der Waals surface area contributed by atoms with Crippen LogP contribution >= 0.6 is 0 Å². The van der Waals surface area contributed by atoms with Crippen molar-refractivity contribution in [3.63, 3.8) is 0 Å². The summed E-state index contributed by atoms with van der Waals surface area (Å²) in [4.78, 5) is 15.0. The van der Waals surface area contributed by atoms with Crippen LogP contribution in [-0.2, 0) is 0 Å². The molecule has 0 radical (unpaired) electrons. The molecule has 18 heavy (non-hydrogen) atoms. The lowest BCUT2D eigenvalue weighted by atomic mass is 9.87. The number of benzene rings is 1. The zero-order valence-electron chi connectivity index (χ0n) is 9.81. The first kappa shape index (κ1) is 11.1. The lowest BCUT2D eigenvalue weighted by molar-refractivity contribution is 0.0906. The van der Waals surface area contributed by atoms with Crippen LogP contribution in [0.3, 0.4) is 0 Å². The van der Waals surface area contributed by atoms with Crippen molar-refractivity contribution in [3.05, 3.63) is 30.0 Å². The average Bonchev–Trinajstić information content (AvgIpc) is 2.69.